The molecular weight excluding hydrogens is 216 g/mol. The second kappa shape index (κ2) is 4.66. The van der Waals surface area contributed by atoms with Gasteiger partial charge in [-0.05, 0) is 25.1 Å². The molecule has 1 atom stereocenters. The fraction of sp³-hybridized carbons (Fsp3) is 0.250. The Labute approximate surface area is 98.6 Å². The summed E-state index contributed by atoms with van der Waals surface area (Å²) in [5.74, 6) is 0. The summed E-state index contributed by atoms with van der Waals surface area (Å²) in [4.78, 5) is 10.3. The van der Waals surface area contributed by atoms with Crippen LogP contribution >= 0.6 is 0 Å². The van der Waals surface area contributed by atoms with Gasteiger partial charge >= 0.3 is 0 Å². The zero-order valence-corrected chi connectivity index (χ0v) is 9.42. The molecule has 1 unspecified atom stereocenters. The van der Waals surface area contributed by atoms with Crippen molar-refractivity contribution >= 4 is 17.3 Å². The van der Waals surface area contributed by atoms with Gasteiger partial charge in [0.15, 0.2) is 0 Å². The van der Waals surface area contributed by atoms with E-state index in [0.717, 1.165) is 10.9 Å². The minimum absolute atomic E-state index is 0.0197. The van der Waals surface area contributed by atoms with Crippen molar-refractivity contribution in [2.45, 2.75) is 19.5 Å². The smallest absolute Gasteiger partial charge is 0.207 e. The second-order valence-corrected chi connectivity index (χ2v) is 3.90. The third-order valence-electron chi connectivity index (χ3n) is 2.57. The Kier molecular flexibility index (Phi) is 3.06. The molecule has 1 heterocycles. The number of hydrogen-bond acceptors (Lipinski definition) is 3. The molecule has 0 radical (unpaired) electrons. The maximum absolute atomic E-state index is 10.3. The van der Waals surface area contributed by atoms with Crippen LogP contribution in [0.5, 0.6) is 0 Å². The van der Waals surface area contributed by atoms with Gasteiger partial charge in [-0.2, -0.15) is 10.4 Å². The Morgan fingerprint density at radius 2 is 2.47 bits per heavy atom. The molecule has 2 rings (SSSR count). The Bertz CT molecular complexity index is 582. The van der Waals surface area contributed by atoms with E-state index < -0.39 is 0 Å². The summed E-state index contributed by atoms with van der Waals surface area (Å²) in [6.45, 7) is 2.51. The molecule has 1 aromatic heterocycles. The number of nitrogens with zero attached hydrogens (tertiary/aromatic N) is 3. The zero-order chi connectivity index (χ0) is 12.3. The van der Waals surface area contributed by atoms with Gasteiger partial charge in [-0.3, -0.25) is 9.48 Å². The van der Waals surface area contributed by atoms with Crippen LogP contribution < -0.4 is 5.32 Å². The molecule has 1 N–H and O–H groups in total. The number of nitrogens with one attached hydrogen (secondary N) is 1. The Hall–Kier alpha value is -2.35. The fourth-order valence-electron chi connectivity index (χ4n) is 1.73. The Morgan fingerprint density at radius 1 is 1.65 bits per heavy atom. The van der Waals surface area contributed by atoms with Gasteiger partial charge in [0, 0.05) is 11.4 Å². The van der Waals surface area contributed by atoms with E-state index in [9.17, 15) is 4.79 Å². The summed E-state index contributed by atoms with van der Waals surface area (Å²) in [6, 6.07) is 7.55. The van der Waals surface area contributed by atoms with Crippen molar-refractivity contribution < 1.29 is 4.79 Å². The highest BCUT2D eigenvalue weighted by Crippen LogP contribution is 2.15. The average molecular weight is 228 g/mol. The molecule has 2 aromatic rings. The van der Waals surface area contributed by atoms with Crippen LogP contribution in [0.1, 0.15) is 12.5 Å². The number of benzene rings is 1. The quantitative estimate of drug-likeness (QED) is 0.795. The van der Waals surface area contributed by atoms with Crippen molar-refractivity contribution in [3.63, 3.8) is 0 Å². The van der Waals surface area contributed by atoms with Crippen LogP contribution in [0, 0.1) is 11.3 Å². The molecule has 0 spiro atoms. The first-order valence-corrected chi connectivity index (χ1v) is 5.30. The number of amides is 1. The van der Waals surface area contributed by atoms with Crippen LogP contribution in [0.3, 0.4) is 0 Å². The van der Waals surface area contributed by atoms with Crippen molar-refractivity contribution in [3.05, 3.63) is 30.0 Å². The molecule has 0 bridgehead atoms. The third kappa shape index (κ3) is 2.26. The standard InChI is InChI=1S/C12H12N4O/c1-9(14-8-17)7-16-12-3-2-10(5-13)4-11(12)6-15-16/h2-4,6,8-9H,7H2,1H3,(H,14,17). The monoisotopic (exact) mass is 228 g/mol. The molecule has 0 aliphatic heterocycles. The molecule has 1 aromatic carbocycles. The van der Waals surface area contributed by atoms with Crippen LogP contribution in [-0.2, 0) is 11.3 Å². The third-order valence-corrected chi connectivity index (χ3v) is 2.57. The van der Waals surface area contributed by atoms with Crippen molar-refractivity contribution in [2.75, 3.05) is 0 Å². The predicted molar refractivity (Wildman–Crippen MR) is 63.1 cm³/mol. The van der Waals surface area contributed by atoms with Crippen LogP contribution in [0.25, 0.3) is 10.9 Å². The molecule has 0 aliphatic carbocycles. The fourth-order valence-corrected chi connectivity index (χ4v) is 1.73. The SMILES string of the molecule is CC(Cn1ncc2cc(C#N)ccc21)NC=O. The molecule has 0 saturated carbocycles. The van der Waals surface area contributed by atoms with Crippen molar-refractivity contribution in [1.82, 2.24) is 15.1 Å². The maximum Gasteiger partial charge on any atom is 0.207 e. The Balaban J connectivity index is 2.31. The van der Waals surface area contributed by atoms with Gasteiger partial charge in [0.1, 0.15) is 0 Å². The van der Waals surface area contributed by atoms with Gasteiger partial charge < -0.3 is 5.32 Å². The lowest BCUT2D eigenvalue weighted by Crippen LogP contribution is -2.29. The van der Waals surface area contributed by atoms with Crippen LogP contribution in [0.15, 0.2) is 24.4 Å². The van der Waals surface area contributed by atoms with E-state index in [1.54, 1.807) is 18.3 Å². The van der Waals surface area contributed by atoms with Gasteiger partial charge in [-0.15, -0.1) is 0 Å². The van der Waals surface area contributed by atoms with Crippen molar-refractivity contribution in [3.8, 4) is 6.07 Å². The lowest BCUT2D eigenvalue weighted by Gasteiger charge is -2.10. The number of nitriles is 1. The molecule has 0 saturated heterocycles. The molecule has 0 fully saturated rings. The highest BCUT2D eigenvalue weighted by atomic mass is 16.1. The molecular formula is C12H12N4O. The van der Waals surface area contributed by atoms with E-state index >= 15 is 0 Å². The summed E-state index contributed by atoms with van der Waals surface area (Å²) >= 11 is 0. The lowest BCUT2D eigenvalue weighted by molar-refractivity contribution is -0.110. The number of fused-ring (bicyclic) bond motifs is 1. The second-order valence-electron chi connectivity index (χ2n) is 3.90. The first-order valence-electron chi connectivity index (χ1n) is 5.30. The zero-order valence-electron chi connectivity index (χ0n) is 9.42. The van der Waals surface area contributed by atoms with E-state index in [1.807, 2.05) is 17.7 Å². The summed E-state index contributed by atoms with van der Waals surface area (Å²) in [6.07, 6.45) is 2.41. The van der Waals surface area contributed by atoms with Crippen LogP contribution in [0.2, 0.25) is 0 Å². The summed E-state index contributed by atoms with van der Waals surface area (Å²) in [5, 5.41) is 16.6. The van der Waals surface area contributed by atoms with Gasteiger partial charge in [-0.25, -0.2) is 0 Å². The van der Waals surface area contributed by atoms with E-state index in [-0.39, 0.29) is 6.04 Å². The molecule has 5 nitrogen and oxygen atoms in total. The minimum atomic E-state index is 0.0197. The summed E-state index contributed by atoms with van der Waals surface area (Å²) in [7, 11) is 0. The van der Waals surface area contributed by atoms with Gasteiger partial charge in [-0.1, -0.05) is 0 Å². The minimum Gasteiger partial charge on any atom is -0.354 e. The molecule has 0 aliphatic rings. The van der Waals surface area contributed by atoms with E-state index in [4.69, 9.17) is 5.26 Å². The maximum atomic E-state index is 10.3. The molecule has 1 amide bonds. The van der Waals surface area contributed by atoms with Crippen LogP contribution in [0.4, 0.5) is 0 Å². The average Bonchev–Trinajstić information content (AvgIpc) is 2.72. The highest BCUT2D eigenvalue weighted by molar-refractivity contribution is 5.80. The van der Waals surface area contributed by atoms with Crippen LogP contribution in [-0.4, -0.2) is 22.2 Å². The molecule has 17 heavy (non-hydrogen) atoms. The Morgan fingerprint density at radius 3 is 3.18 bits per heavy atom. The topological polar surface area (TPSA) is 70.7 Å². The van der Waals surface area contributed by atoms with Gasteiger partial charge in [0.05, 0.1) is 29.9 Å². The van der Waals surface area contributed by atoms with E-state index in [0.29, 0.717) is 18.5 Å². The van der Waals surface area contributed by atoms with E-state index in [2.05, 4.69) is 16.5 Å². The largest absolute Gasteiger partial charge is 0.354 e. The first kappa shape index (κ1) is 11.1. The molecule has 86 valence electrons. The first-order chi connectivity index (χ1) is 8.24. The number of rotatable bonds is 4. The predicted octanol–water partition coefficient (Wildman–Crippen LogP) is 1.04. The number of aromatic nitrogens is 2. The highest BCUT2D eigenvalue weighted by Gasteiger charge is 2.06. The lowest BCUT2D eigenvalue weighted by atomic mass is 10.2. The normalized spacial score (nSPS) is 12.0. The number of carbonyl (C=O) groups is 1. The summed E-state index contributed by atoms with van der Waals surface area (Å²) in [5.41, 5.74) is 1.58. The van der Waals surface area contributed by atoms with Gasteiger partial charge in [0.2, 0.25) is 6.41 Å². The number of carbonyl (C=O) groups excluding carboxylic acids is 1. The van der Waals surface area contributed by atoms with E-state index in [1.165, 1.54) is 0 Å². The van der Waals surface area contributed by atoms with Crippen molar-refractivity contribution in [1.29, 1.82) is 5.26 Å². The summed E-state index contributed by atoms with van der Waals surface area (Å²) < 4.78 is 1.82. The van der Waals surface area contributed by atoms with Gasteiger partial charge in [0.25, 0.3) is 0 Å². The van der Waals surface area contributed by atoms with Crippen molar-refractivity contribution in [2.24, 2.45) is 0 Å². The molecule has 5 heteroatoms. The number of hydrogen-bond donors (Lipinski definition) is 1.